The number of aromatic nitrogens is 4. The Morgan fingerprint density at radius 3 is 2.16 bits per heavy atom. The van der Waals surface area contributed by atoms with E-state index >= 15 is 0 Å². The summed E-state index contributed by atoms with van der Waals surface area (Å²) in [6.07, 6.45) is 0.258. The third-order valence-corrected chi connectivity index (χ3v) is 9.48. The van der Waals surface area contributed by atoms with Crippen LogP contribution in [0.2, 0.25) is 5.02 Å². The fourth-order valence-electron chi connectivity index (χ4n) is 6.60. The van der Waals surface area contributed by atoms with Crippen LogP contribution in [0, 0.1) is 0 Å². The molecule has 0 aliphatic carbocycles. The Balaban J connectivity index is 1.22. The largest absolute Gasteiger partial charge is 0.497 e. The molecular weight excluding hydrogens is 654 g/mol. The summed E-state index contributed by atoms with van der Waals surface area (Å²) in [4.78, 5) is 24.0. The fourth-order valence-corrected chi connectivity index (χ4v) is 6.80. The lowest BCUT2D eigenvalue weighted by molar-refractivity contribution is 0.415. The summed E-state index contributed by atoms with van der Waals surface area (Å²) in [6, 6.07) is 49.7. The number of benzene rings is 6. The molecular formula is C43H34ClN5O2. The number of nitrogens with one attached hydrogen (secondary N) is 1. The number of rotatable bonds is 10. The van der Waals surface area contributed by atoms with Gasteiger partial charge < -0.3 is 10.1 Å². The van der Waals surface area contributed by atoms with Gasteiger partial charge in [0.2, 0.25) is 0 Å². The molecule has 0 fully saturated rings. The van der Waals surface area contributed by atoms with Gasteiger partial charge in [0.1, 0.15) is 23.6 Å². The number of anilines is 1. The van der Waals surface area contributed by atoms with Crippen molar-refractivity contribution in [3.8, 4) is 28.5 Å². The average Bonchev–Trinajstić information content (AvgIpc) is 3.57. The van der Waals surface area contributed by atoms with Gasteiger partial charge in [0.15, 0.2) is 0 Å². The molecule has 1 unspecified atom stereocenters. The van der Waals surface area contributed by atoms with Gasteiger partial charge in [-0.2, -0.15) is 0 Å². The molecule has 0 amide bonds. The highest BCUT2D eigenvalue weighted by Crippen LogP contribution is 2.36. The molecule has 7 nitrogen and oxygen atoms in total. The van der Waals surface area contributed by atoms with Crippen molar-refractivity contribution in [2.45, 2.75) is 19.1 Å². The zero-order valence-corrected chi connectivity index (χ0v) is 28.7. The molecule has 0 radical (unpaired) electrons. The van der Waals surface area contributed by atoms with Gasteiger partial charge >= 0.3 is 0 Å². The fraction of sp³-hybridized carbons (Fsp3) is 0.0930. The third kappa shape index (κ3) is 6.35. The molecule has 8 rings (SSSR count). The molecule has 6 aromatic carbocycles. The number of fused-ring (bicyclic) bond motifs is 2. The normalized spacial score (nSPS) is 11.9. The average molecular weight is 688 g/mol. The molecule has 0 bridgehead atoms. The summed E-state index contributed by atoms with van der Waals surface area (Å²) in [5.41, 5.74) is 7.13. The SMILES string of the molecule is COc1ccc(NC(c2ccccc2)n2c(-c3cc(CCn4c(-c5ccccc5)nc5ccccc5c4=O)ccc3Cl)nc3ccccc32)cc1. The van der Waals surface area contributed by atoms with Crippen molar-refractivity contribution in [1.82, 2.24) is 19.1 Å². The minimum absolute atomic E-state index is 0.0641. The molecule has 8 heteroatoms. The third-order valence-electron chi connectivity index (χ3n) is 9.15. The lowest BCUT2D eigenvalue weighted by Gasteiger charge is -2.25. The number of hydrogen-bond acceptors (Lipinski definition) is 5. The number of imidazole rings is 1. The molecule has 0 spiro atoms. The Morgan fingerprint density at radius 1 is 0.725 bits per heavy atom. The molecule has 1 N–H and O–H groups in total. The van der Waals surface area contributed by atoms with Crippen molar-refractivity contribution < 1.29 is 4.74 Å². The Hall–Kier alpha value is -6.18. The minimum Gasteiger partial charge on any atom is -0.497 e. The molecule has 8 aromatic rings. The van der Waals surface area contributed by atoms with Crippen LogP contribution < -0.4 is 15.6 Å². The summed E-state index contributed by atoms with van der Waals surface area (Å²) in [5.74, 6) is 2.16. The van der Waals surface area contributed by atoms with Crippen LogP contribution in [0.15, 0.2) is 156 Å². The van der Waals surface area contributed by atoms with Crippen LogP contribution in [0.1, 0.15) is 17.3 Å². The highest BCUT2D eigenvalue weighted by molar-refractivity contribution is 6.33. The van der Waals surface area contributed by atoms with Crippen molar-refractivity contribution in [2.75, 3.05) is 12.4 Å². The van der Waals surface area contributed by atoms with E-state index in [-0.39, 0.29) is 11.7 Å². The van der Waals surface area contributed by atoms with Crippen molar-refractivity contribution in [1.29, 1.82) is 0 Å². The van der Waals surface area contributed by atoms with Gasteiger partial charge in [0.05, 0.1) is 34.1 Å². The van der Waals surface area contributed by atoms with E-state index in [0.29, 0.717) is 34.7 Å². The Kier molecular flexibility index (Phi) is 8.78. The van der Waals surface area contributed by atoms with Gasteiger partial charge in [0, 0.05) is 23.4 Å². The minimum atomic E-state index is -0.322. The number of ether oxygens (including phenoxy) is 1. The van der Waals surface area contributed by atoms with Crippen LogP contribution in [-0.4, -0.2) is 26.2 Å². The molecule has 51 heavy (non-hydrogen) atoms. The van der Waals surface area contributed by atoms with Crippen LogP contribution in [0.5, 0.6) is 5.75 Å². The van der Waals surface area contributed by atoms with Crippen LogP contribution in [0.25, 0.3) is 44.7 Å². The van der Waals surface area contributed by atoms with Crippen LogP contribution in [0.4, 0.5) is 5.69 Å². The van der Waals surface area contributed by atoms with Gasteiger partial charge in [-0.15, -0.1) is 0 Å². The maximum atomic E-state index is 13.9. The number of hydrogen-bond donors (Lipinski definition) is 1. The maximum Gasteiger partial charge on any atom is 0.261 e. The summed E-state index contributed by atoms with van der Waals surface area (Å²) in [5, 5.41) is 4.93. The second-order valence-electron chi connectivity index (χ2n) is 12.3. The summed E-state index contributed by atoms with van der Waals surface area (Å²) < 4.78 is 9.41. The zero-order chi connectivity index (χ0) is 34.7. The first-order chi connectivity index (χ1) is 25.1. The van der Waals surface area contributed by atoms with Gasteiger partial charge in [-0.3, -0.25) is 13.9 Å². The predicted octanol–water partition coefficient (Wildman–Crippen LogP) is 9.64. The van der Waals surface area contributed by atoms with Crippen molar-refractivity contribution in [2.24, 2.45) is 0 Å². The van der Waals surface area contributed by atoms with E-state index in [9.17, 15) is 4.79 Å². The summed E-state index contributed by atoms with van der Waals surface area (Å²) in [6.45, 7) is 0.435. The van der Waals surface area contributed by atoms with Crippen LogP contribution in [-0.2, 0) is 13.0 Å². The Labute approximate surface area is 300 Å². The molecule has 250 valence electrons. The smallest absolute Gasteiger partial charge is 0.261 e. The first-order valence-corrected chi connectivity index (χ1v) is 17.2. The highest BCUT2D eigenvalue weighted by atomic mass is 35.5. The lowest BCUT2D eigenvalue weighted by atomic mass is 10.1. The molecule has 2 heterocycles. The van der Waals surface area contributed by atoms with Gasteiger partial charge in [-0.25, -0.2) is 9.97 Å². The summed E-state index contributed by atoms with van der Waals surface area (Å²) >= 11 is 7.03. The number of methoxy groups -OCH3 is 1. The number of aryl methyl sites for hydroxylation is 1. The quantitative estimate of drug-likeness (QED) is 0.155. The van der Waals surface area contributed by atoms with Gasteiger partial charge in [0.25, 0.3) is 5.56 Å². The van der Waals surface area contributed by atoms with Gasteiger partial charge in [-0.1, -0.05) is 103 Å². The first-order valence-electron chi connectivity index (χ1n) is 16.8. The van der Waals surface area contributed by atoms with E-state index in [2.05, 4.69) is 34.1 Å². The lowest BCUT2D eigenvalue weighted by Crippen LogP contribution is -2.24. The van der Waals surface area contributed by atoms with E-state index in [1.165, 1.54) is 0 Å². The number of nitrogens with zero attached hydrogens (tertiary/aromatic N) is 4. The van der Waals surface area contributed by atoms with Crippen LogP contribution >= 0.6 is 11.6 Å². The van der Waals surface area contributed by atoms with E-state index in [0.717, 1.165) is 50.5 Å². The maximum absolute atomic E-state index is 13.9. The van der Waals surface area contributed by atoms with E-state index < -0.39 is 0 Å². The van der Waals surface area contributed by atoms with E-state index in [4.69, 9.17) is 26.3 Å². The molecule has 0 saturated heterocycles. The Morgan fingerprint density at radius 2 is 1.39 bits per heavy atom. The van der Waals surface area contributed by atoms with Crippen molar-refractivity contribution >= 4 is 39.2 Å². The van der Waals surface area contributed by atoms with E-state index in [1.807, 2.05) is 127 Å². The van der Waals surface area contributed by atoms with Gasteiger partial charge in [-0.05, 0) is 78.2 Å². The van der Waals surface area contributed by atoms with Crippen molar-refractivity contribution in [3.05, 3.63) is 178 Å². The molecule has 1 atom stereocenters. The first kappa shape index (κ1) is 32.0. The topological polar surface area (TPSA) is 74.0 Å². The predicted molar refractivity (Wildman–Crippen MR) is 207 cm³/mol. The van der Waals surface area contributed by atoms with Crippen molar-refractivity contribution in [3.63, 3.8) is 0 Å². The zero-order valence-electron chi connectivity index (χ0n) is 27.9. The molecule has 0 aliphatic rings. The molecule has 0 saturated carbocycles. The van der Waals surface area contributed by atoms with E-state index in [1.54, 1.807) is 11.7 Å². The monoisotopic (exact) mass is 687 g/mol. The van der Waals surface area contributed by atoms with Crippen LogP contribution in [0.3, 0.4) is 0 Å². The molecule has 2 aromatic heterocycles. The number of para-hydroxylation sites is 3. The second-order valence-corrected chi connectivity index (χ2v) is 12.7. The Bertz CT molecular complexity index is 2530. The summed E-state index contributed by atoms with van der Waals surface area (Å²) in [7, 11) is 1.66. The standard InChI is InChI=1S/C43H34ClN5O2/c1-51-33-23-21-32(22-24-33)45-41(31-14-6-3-7-15-31)49-39-19-11-10-18-38(39)47-42(49)35-28-29(20-25-36(35)44)26-27-48-40(30-12-4-2-5-13-30)46-37-17-9-8-16-34(37)43(48)50/h2-25,28,41,45H,26-27H2,1H3. The second kappa shape index (κ2) is 14.0. The highest BCUT2D eigenvalue weighted by Gasteiger charge is 2.24. The number of halogens is 1. The molecule has 0 aliphatic heterocycles.